The molecule has 0 spiro atoms. The lowest BCUT2D eigenvalue weighted by Crippen LogP contribution is -2.30. The van der Waals surface area contributed by atoms with Crippen molar-refractivity contribution < 1.29 is 18.7 Å². The van der Waals surface area contributed by atoms with E-state index in [0.29, 0.717) is 17.0 Å². The minimum Gasteiger partial charge on any atom is -0.497 e. The number of hydrogen-bond donors (Lipinski definition) is 1. The summed E-state index contributed by atoms with van der Waals surface area (Å²) in [6.45, 7) is -0.239. The number of ketones is 1. The number of methoxy groups -OCH3 is 1. The monoisotopic (exact) mass is 355 g/mol. The topological polar surface area (TPSA) is 99.0 Å². The van der Waals surface area contributed by atoms with Gasteiger partial charge in [0.05, 0.1) is 24.9 Å². The lowest BCUT2D eigenvalue weighted by molar-refractivity contribution is 0.0903. The number of hydrogen-bond acceptors (Lipinski definition) is 6. The molecule has 8 nitrogen and oxygen atoms in total. The number of Topliss-reactive ketones (excluding diaryl/α,β-unsaturated/α-hetero) is 1. The van der Waals surface area contributed by atoms with E-state index in [4.69, 9.17) is 4.74 Å². The minimum atomic E-state index is -0.614. The van der Waals surface area contributed by atoms with Crippen LogP contribution in [0.2, 0.25) is 0 Å². The first-order valence-electron chi connectivity index (χ1n) is 7.57. The summed E-state index contributed by atoms with van der Waals surface area (Å²) >= 11 is 0. The van der Waals surface area contributed by atoms with E-state index < -0.39 is 11.7 Å². The Kier molecular flexibility index (Phi) is 4.97. The Morgan fingerprint density at radius 2 is 1.96 bits per heavy atom. The zero-order valence-electron chi connectivity index (χ0n) is 13.7. The Hall–Kier alpha value is -3.62. The van der Waals surface area contributed by atoms with Crippen LogP contribution in [-0.4, -0.2) is 45.6 Å². The highest BCUT2D eigenvalue weighted by atomic mass is 19.1. The summed E-state index contributed by atoms with van der Waals surface area (Å²) in [5.74, 6) is -0.872. The Balaban J connectivity index is 1.74. The van der Waals surface area contributed by atoms with Gasteiger partial charge in [0.15, 0.2) is 5.78 Å². The molecular formula is C17H14FN5O3. The van der Waals surface area contributed by atoms with Gasteiger partial charge in [0.1, 0.15) is 17.9 Å². The molecule has 0 fully saturated rings. The van der Waals surface area contributed by atoms with Crippen LogP contribution in [0.25, 0.3) is 5.69 Å². The molecule has 26 heavy (non-hydrogen) atoms. The second-order valence-corrected chi connectivity index (χ2v) is 5.25. The van der Waals surface area contributed by atoms with Crippen LogP contribution in [0.3, 0.4) is 0 Å². The van der Waals surface area contributed by atoms with Crippen LogP contribution in [0.4, 0.5) is 4.39 Å². The van der Waals surface area contributed by atoms with Gasteiger partial charge < -0.3 is 10.1 Å². The van der Waals surface area contributed by atoms with Crippen LogP contribution in [0, 0.1) is 5.82 Å². The fourth-order valence-electron chi connectivity index (χ4n) is 2.30. The van der Waals surface area contributed by atoms with Crippen molar-refractivity contribution in [1.29, 1.82) is 0 Å². The van der Waals surface area contributed by atoms with Gasteiger partial charge >= 0.3 is 0 Å². The Morgan fingerprint density at radius 3 is 2.62 bits per heavy atom. The molecule has 1 heterocycles. The molecule has 3 rings (SSSR count). The number of benzene rings is 2. The maximum absolute atomic E-state index is 13.6. The highest BCUT2D eigenvalue weighted by Gasteiger charge is 2.16. The van der Waals surface area contributed by atoms with Gasteiger partial charge in [-0.05, 0) is 52.9 Å². The van der Waals surface area contributed by atoms with Gasteiger partial charge in [0, 0.05) is 5.56 Å². The molecule has 0 unspecified atom stereocenters. The molecule has 0 radical (unpaired) electrons. The molecular weight excluding hydrogens is 341 g/mol. The molecule has 0 aliphatic rings. The van der Waals surface area contributed by atoms with Crippen LogP contribution in [-0.2, 0) is 0 Å². The third-order valence-corrected chi connectivity index (χ3v) is 3.62. The Morgan fingerprint density at radius 1 is 1.19 bits per heavy atom. The fraction of sp³-hybridized carbons (Fsp3) is 0.118. The average molecular weight is 355 g/mol. The molecule has 3 aromatic rings. The van der Waals surface area contributed by atoms with Crippen molar-refractivity contribution in [3.8, 4) is 11.4 Å². The van der Waals surface area contributed by atoms with Gasteiger partial charge in [-0.25, -0.2) is 4.39 Å². The molecule has 0 atom stereocenters. The van der Waals surface area contributed by atoms with Crippen LogP contribution in [0.1, 0.15) is 20.7 Å². The van der Waals surface area contributed by atoms with Crippen molar-refractivity contribution in [3.63, 3.8) is 0 Å². The number of ether oxygens (including phenoxy) is 1. The number of carbonyl (C=O) groups is 2. The molecule has 0 aliphatic heterocycles. The first kappa shape index (κ1) is 17.2. The molecule has 2 aromatic carbocycles. The molecule has 0 bridgehead atoms. The number of rotatable bonds is 6. The average Bonchev–Trinajstić information content (AvgIpc) is 3.20. The quantitative estimate of drug-likeness (QED) is 0.672. The molecule has 0 saturated heterocycles. The largest absolute Gasteiger partial charge is 0.497 e. The summed E-state index contributed by atoms with van der Waals surface area (Å²) in [6, 6.07) is 10.1. The Labute approximate surface area is 147 Å². The number of aromatic nitrogens is 4. The smallest absolute Gasteiger partial charge is 0.253 e. The predicted molar refractivity (Wildman–Crippen MR) is 88.8 cm³/mol. The lowest BCUT2D eigenvalue weighted by atomic mass is 10.1. The second kappa shape index (κ2) is 7.51. The van der Waals surface area contributed by atoms with Crippen molar-refractivity contribution in [2.75, 3.05) is 13.7 Å². The van der Waals surface area contributed by atoms with Crippen molar-refractivity contribution >= 4 is 11.7 Å². The minimum absolute atomic E-state index is 0.0137. The maximum Gasteiger partial charge on any atom is 0.253 e. The summed E-state index contributed by atoms with van der Waals surface area (Å²) in [7, 11) is 1.53. The lowest BCUT2D eigenvalue weighted by Gasteiger charge is -2.09. The first-order valence-corrected chi connectivity index (χ1v) is 7.57. The second-order valence-electron chi connectivity index (χ2n) is 5.25. The highest BCUT2D eigenvalue weighted by Crippen LogP contribution is 2.15. The zero-order chi connectivity index (χ0) is 18.5. The summed E-state index contributed by atoms with van der Waals surface area (Å²) in [6.07, 6.45) is 1.28. The Bertz CT molecular complexity index is 926. The van der Waals surface area contributed by atoms with Gasteiger partial charge in [-0.15, -0.1) is 5.10 Å². The summed E-state index contributed by atoms with van der Waals surface area (Å²) in [5.41, 5.74) is 0.733. The number of carbonyl (C=O) groups excluding carboxylic acids is 2. The molecule has 132 valence electrons. The van der Waals surface area contributed by atoms with E-state index in [-0.39, 0.29) is 17.9 Å². The van der Waals surface area contributed by atoms with Crippen molar-refractivity contribution in [3.05, 3.63) is 65.7 Å². The highest BCUT2D eigenvalue weighted by molar-refractivity contribution is 6.03. The van der Waals surface area contributed by atoms with E-state index >= 15 is 0 Å². The molecule has 0 aliphatic carbocycles. The van der Waals surface area contributed by atoms with Crippen molar-refractivity contribution in [2.24, 2.45) is 0 Å². The van der Waals surface area contributed by atoms with Crippen LogP contribution in [0.5, 0.6) is 5.75 Å². The molecule has 9 heteroatoms. The summed E-state index contributed by atoms with van der Waals surface area (Å²) in [4.78, 5) is 24.6. The predicted octanol–water partition coefficient (Wildman–Crippen LogP) is 1.42. The maximum atomic E-state index is 13.6. The third-order valence-electron chi connectivity index (χ3n) is 3.62. The van der Waals surface area contributed by atoms with E-state index in [1.165, 1.54) is 30.3 Å². The van der Waals surface area contributed by atoms with Crippen molar-refractivity contribution in [1.82, 2.24) is 25.5 Å². The summed E-state index contributed by atoms with van der Waals surface area (Å²) < 4.78 is 19.8. The van der Waals surface area contributed by atoms with E-state index in [9.17, 15) is 14.0 Å². The number of nitrogens with one attached hydrogen (secondary N) is 1. The van der Waals surface area contributed by atoms with Crippen molar-refractivity contribution in [2.45, 2.75) is 0 Å². The van der Waals surface area contributed by atoms with Gasteiger partial charge in [-0.2, -0.15) is 4.68 Å². The van der Waals surface area contributed by atoms with Gasteiger partial charge in [0.25, 0.3) is 5.91 Å². The fourth-order valence-corrected chi connectivity index (χ4v) is 2.30. The molecule has 1 aromatic heterocycles. The number of amides is 1. The zero-order valence-corrected chi connectivity index (χ0v) is 13.7. The number of nitrogens with zero attached hydrogens (tertiary/aromatic N) is 4. The van der Waals surface area contributed by atoms with Crippen LogP contribution >= 0.6 is 0 Å². The van der Waals surface area contributed by atoms with Crippen LogP contribution in [0.15, 0.2) is 48.8 Å². The third kappa shape index (κ3) is 3.72. The van der Waals surface area contributed by atoms with E-state index in [1.54, 1.807) is 24.3 Å². The molecule has 1 amide bonds. The van der Waals surface area contributed by atoms with E-state index in [1.807, 2.05) is 0 Å². The standard InChI is InChI=1S/C17H14FN5O3/c1-26-13-5-2-11(3-6-13)16(24)9-19-17(25)14-8-12(18)4-7-15(14)23-10-20-21-22-23/h2-8,10H,9H2,1H3,(H,19,25). The van der Waals surface area contributed by atoms with E-state index in [0.717, 1.165) is 6.07 Å². The molecule has 1 N–H and O–H groups in total. The number of halogens is 1. The van der Waals surface area contributed by atoms with Gasteiger partial charge in [0.2, 0.25) is 0 Å². The van der Waals surface area contributed by atoms with Gasteiger partial charge in [-0.3, -0.25) is 9.59 Å². The van der Waals surface area contributed by atoms with Crippen LogP contribution < -0.4 is 10.1 Å². The molecule has 0 saturated carbocycles. The van der Waals surface area contributed by atoms with E-state index in [2.05, 4.69) is 20.8 Å². The first-order chi connectivity index (χ1) is 12.6. The SMILES string of the molecule is COc1ccc(C(=O)CNC(=O)c2cc(F)ccc2-n2cnnn2)cc1. The van der Waals surface area contributed by atoms with Gasteiger partial charge in [-0.1, -0.05) is 0 Å². The summed E-state index contributed by atoms with van der Waals surface area (Å²) in [5, 5.41) is 13.2. The number of tetrazole rings is 1. The normalized spacial score (nSPS) is 10.4.